The van der Waals surface area contributed by atoms with Crippen molar-refractivity contribution in [3.63, 3.8) is 0 Å². The molecule has 0 bridgehead atoms. The summed E-state index contributed by atoms with van der Waals surface area (Å²) in [6, 6.07) is 14.5. The molecule has 0 aliphatic carbocycles. The molecular formula is C36H33NO8. The van der Waals surface area contributed by atoms with E-state index in [0.717, 1.165) is 22.0 Å². The Morgan fingerprint density at radius 2 is 1.20 bits per heavy atom. The molecular weight excluding hydrogens is 574 g/mol. The number of phenolic OH excluding ortho intramolecular Hbond substituents is 4. The summed E-state index contributed by atoms with van der Waals surface area (Å²) in [5.74, 6) is -0.238. The van der Waals surface area contributed by atoms with Gasteiger partial charge in [-0.2, -0.15) is 0 Å². The molecule has 1 aliphatic heterocycles. The lowest BCUT2D eigenvalue weighted by Crippen LogP contribution is -2.15. The first-order valence-electron chi connectivity index (χ1n) is 14.6. The zero-order valence-corrected chi connectivity index (χ0v) is 25.4. The minimum Gasteiger partial charge on any atom is -0.507 e. The molecule has 9 heteroatoms. The van der Waals surface area contributed by atoms with Crippen LogP contribution >= 0.6 is 0 Å². The topological polar surface area (TPSA) is 149 Å². The number of hydrogen-bond acceptors (Lipinski definition) is 8. The molecule has 1 aromatic heterocycles. The highest BCUT2D eigenvalue weighted by Gasteiger charge is 2.25. The van der Waals surface area contributed by atoms with E-state index in [1.165, 1.54) is 26.0 Å². The number of H-pyrrole nitrogens is 1. The third kappa shape index (κ3) is 5.20. The molecule has 0 amide bonds. The van der Waals surface area contributed by atoms with Crippen LogP contribution in [0.25, 0.3) is 22.0 Å². The Morgan fingerprint density at radius 1 is 0.667 bits per heavy atom. The van der Waals surface area contributed by atoms with Crippen LogP contribution < -0.4 is 9.47 Å². The average molecular weight is 608 g/mol. The first-order valence-corrected chi connectivity index (χ1v) is 14.6. The number of aromatic amines is 1. The highest BCUT2D eigenvalue weighted by molar-refractivity contribution is 5.99. The molecule has 0 spiro atoms. The van der Waals surface area contributed by atoms with E-state index in [0.29, 0.717) is 47.1 Å². The number of Topliss-reactive ketones (excluding diaryl/α,β-unsaturated/α-hetero) is 2. The van der Waals surface area contributed by atoms with Crippen LogP contribution in [-0.2, 0) is 12.8 Å². The lowest BCUT2D eigenvalue weighted by Gasteiger charge is -2.19. The lowest BCUT2D eigenvalue weighted by atomic mass is 9.92. The molecule has 0 saturated carbocycles. The van der Waals surface area contributed by atoms with Crippen molar-refractivity contribution >= 4 is 22.5 Å². The number of carbonyl (C=O) groups is 2. The summed E-state index contributed by atoms with van der Waals surface area (Å²) in [5.41, 5.74) is 5.20. The van der Waals surface area contributed by atoms with Gasteiger partial charge in [0.15, 0.2) is 23.1 Å². The van der Waals surface area contributed by atoms with E-state index in [1.807, 2.05) is 36.4 Å². The van der Waals surface area contributed by atoms with Crippen molar-refractivity contribution < 1.29 is 39.5 Å². The molecule has 4 aromatic carbocycles. The smallest absolute Gasteiger partial charge is 0.163 e. The number of nitrogens with one attached hydrogen (secondary N) is 1. The van der Waals surface area contributed by atoms with E-state index in [9.17, 15) is 30.0 Å². The van der Waals surface area contributed by atoms with E-state index >= 15 is 0 Å². The van der Waals surface area contributed by atoms with Crippen molar-refractivity contribution in [2.45, 2.75) is 40.5 Å². The molecule has 1 aliphatic rings. The maximum absolute atomic E-state index is 12.3. The zero-order valence-electron chi connectivity index (χ0n) is 25.4. The van der Waals surface area contributed by atoms with Gasteiger partial charge in [-0.15, -0.1) is 0 Å². The minimum absolute atomic E-state index is 0.00982. The third-order valence-corrected chi connectivity index (χ3v) is 8.46. The summed E-state index contributed by atoms with van der Waals surface area (Å²) < 4.78 is 11.4. The van der Waals surface area contributed by atoms with Gasteiger partial charge in [-0.3, -0.25) is 9.59 Å². The molecule has 0 radical (unpaired) electrons. The highest BCUT2D eigenvalue weighted by Crippen LogP contribution is 2.42. The molecule has 0 saturated heterocycles. The fraction of sp³-hybridized carbons (Fsp3) is 0.222. The number of fused-ring (bicyclic) bond motifs is 2. The van der Waals surface area contributed by atoms with Crippen molar-refractivity contribution in [2.24, 2.45) is 0 Å². The molecule has 9 nitrogen and oxygen atoms in total. The predicted molar refractivity (Wildman–Crippen MR) is 169 cm³/mol. The molecule has 45 heavy (non-hydrogen) atoms. The monoisotopic (exact) mass is 607 g/mol. The number of rotatable bonds is 7. The van der Waals surface area contributed by atoms with Gasteiger partial charge in [0, 0.05) is 40.6 Å². The molecule has 6 rings (SSSR count). The van der Waals surface area contributed by atoms with E-state index in [-0.39, 0.29) is 69.7 Å². The van der Waals surface area contributed by atoms with Gasteiger partial charge >= 0.3 is 0 Å². The SMILES string of the molecule is CC(=O)c1cc(C)c(O)c(Cc2[nH]c3cc(-c4ccc5c(c4)OCCO5)ccc3c2Cc2c(O)c(C)cc(C(C)=O)c2O)c1O. The van der Waals surface area contributed by atoms with Crippen molar-refractivity contribution in [2.75, 3.05) is 13.2 Å². The number of ether oxygens (including phenoxy) is 2. The van der Waals surface area contributed by atoms with E-state index in [1.54, 1.807) is 13.8 Å². The number of benzene rings is 4. The van der Waals surface area contributed by atoms with Gasteiger partial charge in [0.05, 0.1) is 11.1 Å². The number of carbonyl (C=O) groups excluding carboxylic acids is 2. The van der Waals surface area contributed by atoms with Crippen molar-refractivity contribution in [3.8, 4) is 45.6 Å². The summed E-state index contributed by atoms with van der Waals surface area (Å²) in [6.45, 7) is 6.97. The molecule has 5 N–H and O–H groups in total. The van der Waals surface area contributed by atoms with Gasteiger partial charge in [0.2, 0.25) is 0 Å². The van der Waals surface area contributed by atoms with E-state index in [2.05, 4.69) is 4.98 Å². The molecule has 0 unspecified atom stereocenters. The Balaban J connectivity index is 1.53. The largest absolute Gasteiger partial charge is 0.507 e. The quantitative estimate of drug-likeness (QED) is 0.129. The summed E-state index contributed by atoms with van der Waals surface area (Å²) in [6.07, 6.45) is 0.0428. The van der Waals surface area contributed by atoms with E-state index in [4.69, 9.17) is 9.47 Å². The van der Waals surface area contributed by atoms with Gasteiger partial charge in [-0.1, -0.05) is 18.2 Å². The molecule has 0 fully saturated rings. The van der Waals surface area contributed by atoms with Crippen molar-refractivity contribution in [1.29, 1.82) is 0 Å². The highest BCUT2D eigenvalue weighted by atomic mass is 16.6. The Bertz CT molecular complexity index is 2040. The zero-order chi connectivity index (χ0) is 32.2. The second-order valence-corrected chi connectivity index (χ2v) is 11.5. The van der Waals surface area contributed by atoms with Gasteiger partial charge in [-0.05, 0) is 85.8 Å². The number of hydrogen-bond donors (Lipinski definition) is 5. The van der Waals surface area contributed by atoms with Crippen LogP contribution in [0.15, 0.2) is 48.5 Å². The maximum atomic E-state index is 12.3. The fourth-order valence-corrected chi connectivity index (χ4v) is 6.02. The summed E-state index contributed by atoms with van der Waals surface area (Å²) in [7, 11) is 0. The van der Waals surface area contributed by atoms with Gasteiger partial charge in [0.25, 0.3) is 0 Å². The second kappa shape index (κ2) is 11.2. The first kappa shape index (κ1) is 29.6. The third-order valence-electron chi connectivity index (χ3n) is 8.46. The molecule has 230 valence electrons. The first-order chi connectivity index (χ1) is 21.4. The molecule has 5 aromatic rings. The van der Waals surface area contributed by atoms with Gasteiger partial charge < -0.3 is 34.9 Å². The van der Waals surface area contributed by atoms with Gasteiger partial charge in [0.1, 0.15) is 36.2 Å². The standard InChI is InChI=1S/C36H33NO8/c1-17-11-24(19(3)38)35(42)27(33(17)40)15-26-23-7-5-21(22-6-8-31-32(14-22)45-10-9-44-31)13-29(23)37-30(26)16-28-34(41)18(2)12-25(20(4)39)36(28)43/h5-8,11-14,37,40-43H,9-10,15-16H2,1-4H3. The number of aromatic nitrogens is 1. The Labute approximate surface area is 259 Å². The molecule has 0 atom stereocenters. The minimum atomic E-state index is -0.343. The van der Waals surface area contributed by atoms with Crippen LogP contribution in [0.5, 0.6) is 34.5 Å². The number of aromatic hydroxyl groups is 4. The predicted octanol–water partition coefficient (Wildman–Crippen LogP) is 6.63. The van der Waals surface area contributed by atoms with Crippen molar-refractivity contribution in [3.05, 3.63) is 93.2 Å². The summed E-state index contributed by atoms with van der Waals surface area (Å²) in [4.78, 5) is 28.0. The fourth-order valence-electron chi connectivity index (χ4n) is 6.02. The van der Waals surface area contributed by atoms with E-state index < -0.39 is 0 Å². The van der Waals surface area contributed by atoms with Crippen LogP contribution in [0.2, 0.25) is 0 Å². The second-order valence-electron chi connectivity index (χ2n) is 11.5. The van der Waals surface area contributed by atoms with Gasteiger partial charge in [-0.25, -0.2) is 0 Å². The Hall–Kier alpha value is -5.44. The maximum Gasteiger partial charge on any atom is 0.163 e. The van der Waals surface area contributed by atoms with Crippen molar-refractivity contribution in [1.82, 2.24) is 4.98 Å². The average Bonchev–Trinajstić information content (AvgIpc) is 3.36. The lowest BCUT2D eigenvalue weighted by molar-refractivity contribution is 0.100. The van der Waals surface area contributed by atoms with Crippen LogP contribution in [-0.4, -0.2) is 50.2 Å². The number of phenols is 4. The van der Waals surface area contributed by atoms with Crippen LogP contribution in [0.4, 0.5) is 0 Å². The summed E-state index contributed by atoms with van der Waals surface area (Å²) >= 11 is 0. The van der Waals surface area contributed by atoms with Crippen LogP contribution in [0.3, 0.4) is 0 Å². The number of aryl methyl sites for hydroxylation is 2. The molecule has 2 heterocycles. The Kier molecular flexibility index (Phi) is 7.40. The van der Waals surface area contributed by atoms with Crippen LogP contribution in [0.1, 0.15) is 68.1 Å². The number of ketones is 2. The van der Waals surface area contributed by atoms with Crippen LogP contribution in [0, 0.1) is 13.8 Å². The normalized spacial score (nSPS) is 12.4. The summed E-state index contributed by atoms with van der Waals surface area (Å²) in [5, 5.41) is 44.9. The Morgan fingerprint density at radius 3 is 1.80 bits per heavy atom.